The molecule has 9 rings (SSSR count). The van der Waals surface area contributed by atoms with Crippen molar-refractivity contribution in [3.05, 3.63) is 143 Å². The molecular formula is C39H28N2. The molecule has 0 saturated heterocycles. The molecule has 1 N–H and O–H groups in total. The number of rotatable bonds is 2. The van der Waals surface area contributed by atoms with Gasteiger partial charge in [-0.15, -0.1) is 0 Å². The zero-order valence-electron chi connectivity index (χ0n) is 23.1. The van der Waals surface area contributed by atoms with Crippen LogP contribution in [-0.2, 0) is 5.41 Å². The second-order valence-corrected chi connectivity index (χ2v) is 11.9. The second kappa shape index (κ2) is 7.99. The summed E-state index contributed by atoms with van der Waals surface area (Å²) in [6.07, 6.45) is 9.40. The summed E-state index contributed by atoms with van der Waals surface area (Å²) in [5.41, 5.74) is 14.1. The average Bonchev–Trinajstić information content (AvgIpc) is 3.66. The van der Waals surface area contributed by atoms with Crippen LogP contribution in [0.25, 0.3) is 67.5 Å². The molecule has 3 aliphatic carbocycles. The van der Waals surface area contributed by atoms with E-state index in [1.807, 2.05) is 0 Å². The normalized spacial score (nSPS) is 15.1. The van der Waals surface area contributed by atoms with Crippen LogP contribution in [0, 0.1) is 0 Å². The highest BCUT2D eigenvalue weighted by atomic mass is 14.9. The fourth-order valence-corrected chi connectivity index (χ4v) is 7.56. The van der Waals surface area contributed by atoms with Crippen molar-refractivity contribution in [2.75, 3.05) is 0 Å². The maximum atomic E-state index is 3.61. The average molecular weight is 525 g/mol. The predicted molar refractivity (Wildman–Crippen MR) is 172 cm³/mol. The third-order valence-electron chi connectivity index (χ3n) is 9.27. The van der Waals surface area contributed by atoms with Crippen LogP contribution in [0.15, 0.2) is 121 Å². The van der Waals surface area contributed by atoms with Gasteiger partial charge in [-0.2, -0.15) is 0 Å². The topological polar surface area (TPSA) is 20.7 Å². The van der Waals surface area contributed by atoms with Gasteiger partial charge in [0, 0.05) is 50.9 Å². The Morgan fingerprint density at radius 2 is 1.46 bits per heavy atom. The van der Waals surface area contributed by atoms with E-state index < -0.39 is 0 Å². The third-order valence-corrected chi connectivity index (χ3v) is 9.27. The Kier molecular flexibility index (Phi) is 4.42. The van der Waals surface area contributed by atoms with Crippen LogP contribution in [0.3, 0.4) is 0 Å². The van der Waals surface area contributed by atoms with Crippen molar-refractivity contribution >= 4 is 39.5 Å². The Hall–Kier alpha value is -5.08. The van der Waals surface area contributed by atoms with Crippen LogP contribution in [0.2, 0.25) is 0 Å². The lowest BCUT2D eigenvalue weighted by molar-refractivity contribution is 0.689. The lowest BCUT2D eigenvalue weighted by atomic mass is 9.69. The van der Waals surface area contributed by atoms with Crippen molar-refractivity contribution in [1.29, 1.82) is 0 Å². The van der Waals surface area contributed by atoms with Crippen LogP contribution < -0.4 is 10.4 Å². The summed E-state index contributed by atoms with van der Waals surface area (Å²) in [6, 6.07) is 37.3. The number of nitrogens with one attached hydrogen (secondary N) is 1. The van der Waals surface area contributed by atoms with E-state index in [0.717, 1.165) is 0 Å². The maximum Gasteiger partial charge on any atom is 0.0465 e. The fourth-order valence-electron chi connectivity index (χ4n) is 7.56. The molecule has 0 radical (unpaired) electrons. The van der Waals surface area contributed by atoms with Crippen LogP contribution in [0.5, 0.6) is 0 Å². The summed E-state index contributed by atoms with van der Waals surface area (Å²) < 4.78 is 2.27. The molecule has 0 amide bonds. The van der Waals surface area contributed by atoms with Crippen LogP contribution >= 0.6 is 0 Å². The van der Waals surface area contributed by atoms with Gasteiger partial charge in [0.25, 0.3) is 0 Å². The van der Waals surface area contributed by atoms with E-state index in [2.05, 4.69) is 151 Å². The van der Waals surface area contributed by atoms with Crippen molar-refractivity contribution in [1.82, 2.24) is 9.55 Å². The van der Waals surface area contributed by atoms with E-state index in [4.69, 9.17) is 0 Å². The van der Waals surface area contributed by atoms with E-state index in [9.17, 15) is 0 Å². The second-order valence-electron chi connectivity index (χ2n) is 11.9. The highest BCUT2D eigenvalue weighted by Gasteiger charge is 2.40. The highest BCUT2D eigenvalue weighted by molar-refractivity contribution is 6.11. The van der Waals surface area contributed by atoms with Gasteiger partial charge in [-0.25, -0.2) is 0 Å². The molecule has 0 fully saturated rings. The van der Waals surface area contributed by atoms with Crippen LogP contribution in [0.4, 0.5) is 0 Å². The number of allylic oxidation sites excluding steroid dienone is 1. The first-order valence-electron chi connectivity index (χ1n) is 14.4. The standard InChI is InChI=1S/C39H28N2/c1-39(2)37-26(20-24-10-6-7-13-28(24)37)22-32-36(25-16-17-35-31(21-25)29-14-8-9-15-34(29)40-35)30-18-19-41(23-33(30)38(32)39)27-11-4-3-5-12-27/h3-23,40H,1-2H3. The van der Waals surface area contributed by atoms with Crippen molar-refractivity contribution in [2.45, 2.75) is 19.3 Å². The van der Waals surface area contributed by atoms with Gasteiger partial charge in [0.05, 0.1) is 0 Å². The molecule has 1 aliphatic heterocycles. The number of aromatic nitrogens is 2. The quantitative estimate of drug-likeness (QED) is 0.235. The Morgan fingerprint density at radius 1 is 0.683 bits per heavy atom. The number of nitrogens with zero attached hydrogens (tertiary/aromatic N) is 1. The molecule has 0 spiro atoms. The minimum atomic E-state index is -0.167. The Morgan fingerprint density at radius 3 is 2.37 bits per heavy atom. The molecule has 41 heavy (non-hydrogen) atoms. The van der Waals surface area contributed by atoms with Gasteiger partial charge < -0.3 is 9.55 Å². The number of para-hydroxylation sites is 2. The maximum absolute atomic E-state index is 3.61. The minimum Gasteiger partial charge on any atom is -0.355 e. The molecule has 4 aromatic carbocycles. The van der Waals surface area contributed by atoms with E-state index >= 15 is 0 Å². The summed E-state index contributed by atoms with van der Waals surface area (Å²) >= 11 is 0. The smallest absolute Gasteiger partial charge is 0.0465 e. The first-order chi connectivity index (χ1) is 20.1. The largest absolute Gasteiger partial charge is 0.355 e. The Labute approximate surface area is 238 Å². The molecule has 194 valence electrons. The molecule has 5 aromatic rings. The van der Waals surface area contributed by atoms with Gasteiger partial charge in [0.15, 0.2) is 0 Å². The van der Waals surface area contributed by atoms with Gasteiger partial charge in [-0.05, 0) is 98.0 Å². The highest BCUT2D eigenvalue weighted by Crippen LogP contribution is 2.55. The van der Waals surface area contributed by atoms with Gasteiger partial charge in [0.1, 0.15) is 0 Å². The van der Waals surface area contributed by atoms with Gasteiger partial charge in [-0.1, -0.05) is 80.6 Å². The van der Waals surface area contributed by atoms with Crippen LogP contribution in [-0.4, -0.2) is 9.55 Å². The van der Waals surface area contributed by atoms with E-state index in [0.29, 0.717) is 0 Å². The SMILES string of the molecule is CC1(C)C2=c3ccccc3=CC2=Cc2c(-c3ccc4[nH]c5ccccc5c4c3)c3ccn(-c4ccccc4)cc-3c21. The van der Waals surface area contributed by atoms with Crippen molar-refractivity contribution < 1.29 is 0 Å². The molecule has 0 atom stereocenters. The van der Waals surface area contributed by atoms with Crippen molar-refractivity contribution in [3.8, 4) is 27.9 Å². The lowest BCUT2D eigenvalue weighted by Gasteiger charge is -2.34. The Bertz CT molecular complexity index is 2320. The number of pyridine rings is 1. The number of benzene rings is 4. The summed E-state index contributed by atoms with van der Waals surface area (Å²) in [5, 5.41) is 5.21. The minimum absolute atomic E-state index is 0.167. The molecule has 2 nitrogen and oxygen atoms in total. The van der Waals surface area contributed by atoms with Gasteiger partial charge >= 0.3 is 0 Å². The monoisotopic (exact) mass is 524 g/mol. The summed E-state index contributed by atoms with van der Waals surface area (Å²) in [5.74, 6) is 0. The zero-order chi connectivity index (χ0) is 27.3. The Balaban J connectivity index is 1.39. The molecule has 2 heterocycles. The molecular weight excluding hydrogens is 496 g/mol. The molecule has 2 heteroatoms. The molecule has 4 aliphatic rings. The van der Waals surface area contributed by atoms with E-state index in [1.54, 1.807) is 0 Å². The number of hydrogen-bond acceptors (Lipinski definition) is 0. The summed E-state index contributed by atoms with van der Waals surface area (Å²) in [7, 11) is 0. The molecule has 0 unspecified atom stereocenters. The summed E-state index contributed by atoms with van der Waals surface area (Å²) in [6.45, 7) is 4.83. The predicted octanol–water partition coefficient (Wildman–Crippen LogP) is 8.20. The zero-order valence-corrected chi connectivity index (χ0v) is 23.1. The summed E-state index contributed by atoms with van der Waals surface area (Å²) in [4.78, 5) is 3.61. The number of aromatic amines is 1. The molecule has 0 bridgehead atoms. The lowest BCUT2D eigenvalue weighted by Crippen LogP contribution is -2.31. The number of H-pyrrole nitrogens is 1. The molecule has 1 aromatic heterocycles. The van der Waals surface area contributed by atoms with Gasteiger partial charge in [0.2, 0.25) is 0 Å². The fraction of sp³-hybridized carbons (Fsp3) is 0.0769. The van der Waals surface area contributed by atoms with E-state index in [-0.39, 0.29) is 5.41 Å². The van der Waals surface area contributed by atoms with Crippen molar-refractivity contribution in [3.63, 3.8) is 0 Å². The molecule has 0 saturated carbocycles. The van der Waals surface area contributed by atoms with Crippen molar-refractivity contribution in [2.24, 2.45) is 0 Å². The third kappa shape index (κ3) is 3.08. The van der Waals surface area contributed by atoms with Gasteiger partial charge in [-0.3, -0.25) is 0 Å². The van der Waals surface area contributed by atoms with E-state index in [1.165, 1.54) is 82.5 Å². The number of hydrogen-bond donors (Lipinski definition) is 1. The number of fused-ring (bicyclic) bond motifs is 8. The van der Waals surface area contributed by atoms with Crippen LogP contribution in [0.1, 0.15) is 25.0 Å². The first kappa shape index (κ1) is 22.7. The first-order valence-corrected chi connectivity index (χ1v) is 14.4.